The number of H-pyrrole nitrogens is 1. The van der Waals surface area contributed by atoms with Gasteiger partial charge in [0.15, 0.2) is 16.1 Å². The van der Waals surface area contributed by atoms with Gasteiger partial charge in [-0.05, 0) is 19.8 Å². The number of piperidine rings is 1. The minimum atomic E-state index is -2.65. The lowest BCUT2D eigenvalue weighted by Gasteiger charge is -2.38. The molecule has 13 heteroatoms. The zero-order valence-corrected chi connectivity index (χ0v) is 19.1. The number of halogens is 3. The first kappa shape index (κ1) is 24.3. The topological polar surface area (TPSA) is 109 Å². The lowest BCUT2D eigenvalue weighted by Crippen LogP contribution is -2.55. The number of rotatable bonds is 9. The van der Waals surface area contributed by atoms with Crippen LogP contribution in [0.5, 0.6) is 0 Å². The van der Waals surface area contributed by atoms with Gasteiger partial charge in [0.05, 0.1) is 30.6 Å². The Morgan fingerprint density at radius 2 is 2.22 bits per heavy atom. The summed E-state index contributed by atoms with van der Waals surface area (Å²) in [6.45, 7) is 3.77. The van der Waals surface area contributed by atoms with Crippen molar-refractivity contribution in [2.75, 3.05) is 31.2 Å². The van der Waals surface area contributed by atoms with E-state index in [1.54, 1.807) is 6.92 Å². The number of hydrogen-bond donors (Lipinski definition) is 2. The van der Waals surface area contributed by atoms with Gasteiger partial charge >= 0.3 is 5.97 Å². The molecule has 0 radical (unpaired) electrons. The fraction of sp³-hybridized carbons (Fsp3) is 0.579. The van der Waals surface area contributed by atoms with Crippen LogP contribution in [0.4, 0.5) is 13.9 Å². The zero-order valence-electron chi connectivity index (χ0n) is 17.6. The fourth-order valence-corrected chi connectivity index (χ4v) is 4.41. The van der Waals surface area contributed by atoms with Gasteiger partial charge in [-0.1, -0.05) is 29.9 Å². The average molecular weight is 492 g/mol. The van der Waals surface area contributed by atoms with E-state index < -0.39 is 37.1 Å². The summed E-state index contributed by atoms with van der Waals surface area (Å²) in [4.78, 5) is 37.8. The van der Waals surface area contributed by atoms with Crippen LogP contribution in [0.3, 0.4) is 0 Å². The third-order valence-electron chi connectivity index (χ3n) is 4.85. The number of ether oxygens (including phenoxy) is 2. The van der Waals surface area contributed by atoms with Crippen LogP contribution in [-0.4, -0.2) is 71.7 Å². The third kappa shape index (κ3) is 5.93. The number of carbonyl (C=O) groups excluding carboxylic acids is 2. The highest BCUT2D eigenvalue weighted by Gasteiger charge is 2.34. The number of alkyl halides is 2. The minimum Gasteiger partial charge on any atom is -0.462 e. The Labute approximate surface area is 192 Å². The molecule has 32 heavy (non-hydrogen) atoms. The maximum absolute atomic E-state index is 12.8. The van der Waals surface area contributed by atoms with Gasteiger partial charge in [-0.15, -0.1) is 0 Å². The van der Waals surface area contributed by atoms with E-state index in [1.807, 2.05) is 11.8 Å². The monoisotopic (exact) mass is 491 g/mol. The van der Waals surface area contributed by atoms with Gasteiger partial charge in [0.2, 0.25) is 0 Å². The number of imidazole rings is 1. The van der Waals surface area contributed by atoms with Crippen LogP contribution in [0, 0.1) is 0 Å². The van der Waals surface area contributed by atoms with Crippen LogP contribution in [0.2, 0.25) is 5.15 Å². The largest absolute Gasteiger partial charge is 0.462 e. The van der Waals surface area contributed by atoms with Gasteiger partial charge in [-0.2, -0.15) is 0 Å². The first-order valence-electron chi connectivity index (χ1n) is 10.1. The molecule has 9 nitrogen and oxygen atoms in total. The fourth-order valence-electron chi connectivity index (χ4n) is 3.29. The first-order chi connectivity index (χ1) is 15.3. The number of thiazole rings is 1. The molecule has 2 atom stereocenters. The quantitative estimate of drug-likeness (QED) is 0.519. The summed E-state index contributed by atoms with van der Waals surface area (Å²) < 4.78 is 36.0. The standard InChI is InChI=1S/C19H24ClF2N5O4S/c1-3-10-15(20)26-16(24-10)17(28)25-11-5-6-27(8-12(11)31-9-14(21)22)19-23-7-13(32-19)18(29)30-4-2/h7,11-12,14H,3-6,8-9H2,1-2H3,(H,24,26)(H,25,28). The second kappa shape index (κ2) is 11.0. The zero-order chi connectivity index (χ0) is 23.3. The van der Waals surface area contributed by atoms with Crippen LogP contribution < -0.4 is 10.2 Å². The van der Waals surface area contributed by atoms with E-state index in [2.05, 4.69) is 20.3 Å². The number of nitrogens with one attached hydrogen (secondary N) is 2. The summed E-state index contributed by atoms with van der Waals surface area (Å²) in [5.74, 6) is -0.900. The molecular formula is C19H24ClF2N5O4S. The number of hydrogen-bond acceptors (Lipinski definition) is 8. The van der Waals surface area contributed by atoms with Crippen LogP contribution in [0.1, 0.15) is 46.3 Å². The number of carbonyl (C=O) groups is 2. The van der Waals surface area contributed by atoms with E-state index in [0.29, 0.717) is 35.1 Å². The molecule has 0 aliphatic carbocycles. The Morgan fingerprint density at radius 1 is 1.44 bits per heavy atom. The van der Waals surface area contributed by atoms with Crippen LogP contribution >= 0.6 is 22.9 Å². The molecule has 1 amide bonds. The molecule has 2 aromatic heterocycles. The van der Waals surface area contributed by atoms with Crippen molar-refractivity contribution in [1.82, 2.24) is 20.3 Å². The van der Waals surface area contributed by atoms with Crippen molar-refractivity contribution >= 4 is 39.9 Å². The molecule has 0 aromatic carbocycles. The van der Waals surface area contributed by atoms with Crippen LogP contribution in [0.15, 0.2) is 6.20 Å². The average Bonchev–Trinajstić information content (AvgIpc) is 3.40. The Hall–Kier alpha value is -2.31. The molecule has 0 spiro atoms. The SMILES string of the molecule is CCOC(=O)c1cnc(N2CCC(NC(=O)c3nc(Cl)c(CC)[nH]3)C(OCC(F)F)C2)s1. The van der Waals surface area contributed by atoms with Crippen molar-refractivity contribution in [1.29, 1.82) is 0 Å². The van der Waals surface area contributed by atoms with Crippen LogP contribution in [0.25, 0.3) is 0 Å². The third-order valence-corrected chi connectivity index (χ3v) is 6.20. The summed E-state index contributed by atoms with van der Waals surface area (Å²) >= 11 is 7.15. The number of aromatic amines is 1. The van der Waals surface area contributed by atoms with Crippen molar-refractivity contribution in [2.45, 2.75) is 45.3 Å². The molecular weight excluding hydrogens is 468 g/mol. The maximum atomic E-state index is 12.8. The number of amides is 1. The number of aryl methyl sites for hydroxylation is 1. The predicted octanol–water partition coefficient (Wildman–Crippen LogP) is 2.92. The second-order valence-electron chi connectivity index (χ2n) is 7.01. The molecule has 3 heterocycles. The van der Waals surface area contributed by atoms with E-state index in [0.717, 1.165) is 11.3 Å². The smallest absolute Gasteiger partial charge is 0.350 e. The number of esters is 1. The van der Waals surface area contributed by atoms with E-state index in [9.17, 15) is 18.4 Å². The molecule has 176 valence electrons. The molecule has 3 rings (SSSR count). The molecule has 1 fully saturated rings. The summed E-state index contributed by atoms with van der Waals surface area (Å²) in [6.07, 6.45) is -0.935. The molecule has 1 saturated heterocycles. The Kier molecular flexibility index (Phi) is 8.38. The Balaban J connectivity index is 1.69. The summed E-state index contributed by atoms with van der Waals surface area (Å²) in [5.41, 5.74) is 0.637. The van der Waals surface area contributed by atoms with E-state index in [1.165, 1.54) is 6.20 Å². The minimum absolute atomic E-state index is 0.0564. The highest BCUT2D eigenvalue weighted by Crippen LogP contribution is 2.27. The number of nitrogens with zero attached hydrogens (tertiary/aromatic N) is 3. The Bertz CT molecular complexity index is 941. The lowest BCUT2D eigenvalue weighted by molar-refractivity contribution is -0.0391. The Morgan fingerprint density at radius 3 is 2.88 bits per heavy atom. The molecule has 2 aromatic rings. The number of aromatic nitrogens is 3. The highest BCUT2D eigenvalue weighted by atomic mass is 35.5. The van der Waals surface area contributed by atoms with Crippen molar-refractivity contribution in [3.05, 3.63) is 27.7 Å². The molecule has 2 N–H and O–H groups in total. The summed E-state index contributed by atoms with van der Waals surface area (Å²) in [5, 5.41) is 3.58. The molecule has 2 unspecified atom stereocenters. The molecule has 1 aliphatic heterocycles. The normalized spacial score (nSPS) is 18.8. The molecule has 1 aliphatic rings. The van der Waals surface area contributed by atoms with E-state index in [4.69, 9.17) is 21.1 Å². The predicted molar refractivity (Wildman–Crippen MR) is 115 cm³/mol. The lowest BCUT2D eigenvalue weighted by atomic mass is 10.0. The summed E-state index contributed by atoms with van der Waals surface area (Å²) in [7, 11) is 0. The van der Waals surface area contributed by atoms with E-state index in [-0.39, 0.29) is 24.1 Å². The van der Waals surface area contributed by atoms with Crippen molar-refractivity contribution in [2.24, 2.45) is 0 Å². The highest BCUT2D eigenvalue weighted by molar-refractivity contribution is 7.17. The maximum Gasteiger partial charge on any atom is 0.350 e. The van der Waals surface area contributed by atoms with Gasteiger partial charge < -0.3 is 24.7 Å². The van der Waals surface area contributed by atoms with Crippen molar-refractivity contribution in [3.63, 3.8) is 0 Å². The molecule has 0 bridgehead atoms. The van der Waals surface area contributed by atoms with E-state index >= 15 is 0 Å². The van der Waals surface area contributed by atoms with Gasteiger partial charge in [-0.3, -0.25) is 4.79 Å². The van der Waals surface area contributed by atoms with Crippen LogP contribution in [-0.2, 0) is 15.9 Å². The van der Waals surface area contributed by atoms with Crippen molar-refractivity contribution < 1.29 is 27.8 Å². The van der Waals surface area contributed by atoms with Gasteiger partial charge in [0, 0.05) is 13.1 Å². The summed E-state index contributed by atoms with van der Waals surface area (Å²) in [6, 6.07) is -0.518. The van der Waals surface area contributed by atoms with Crippen molar-refractivity contribution in [3.8, 4) is 0 Å². The molecule has 0 saturated carbocycles. The first-order valence-corrected chi connectivity index (χ1v) is 11.3. The van der Waals surface area contributed by atoms with Gasteiger partial charge in [-0.25, -0.2) is 23.5 Å². The number of anilines is 1. The van der Waals surface area contributed by atoms with Gasteiger partial charge in [0.1, 0.15) is 11.5 Å². The second-order valence-corrected chi connectivity index (χ2v) is 8.38. The van der Waals surface area contributed by atoms with Gasteiger partial charge in [0.25, 0.3) is 12.3 Å².